The van der Waals surface area contributed by atoms with Crippen LogP contribution in [0.25, 0.3) is 0 Å². The molecular formula is C11H20N4O2. The molecule has 6 nitrogen and oxygen atoms in total. The minimum Gasteiger partial charge on any atom is -0.383 e. The highest BCUT2D eigenvalue weighted by Crippen LogP contribution is 2.08. The second kappa shape index (κ2) is 7.03. The van der Waals surface area contributed by atoms with Crippen LogP contribution in [-0.2, 0) is 16.1 Å². The molecule has 0 bridgehead atoms. The number of nitrogens with two attached hydrogens (primary N) is 1. The summed E-state index contributed by atoms with van der Waals surface area (Å²) in [7, 11) is 1.60. The molecule has 0 aromatic carbocycles. The van der Waals surface area contributed by atoms with E-state index in [0.717, 1.165) is 5.69 Å². The van der Waals surface area contributed by atoms with Crippen LogP contribution in [0.1, 0.15) is 25.1 Å². The molecule has 96 valence electrons. The molecule has 0 spiro atoms. The minimum absolute atomic E-state index is 0.00590. The monoisotopic (exact) mass is 240 g/mol. The highest BCUT2D eigenvalue weighted by atomic mass is 16.5. The Labute approximate surface area is 101 Å². The summed E-state index contributed by atoms with van der Waals surface area (Å²) >= 11 is 0. The Morgan fingerprint density at radius 2 is 2.47 bits per heavy atom. The van der Waals surface area contributed by atoms with Crippen molar-refractivity contribution >= 4 is 5.91 Å². The predicted octanol–water partition coefficient (Wildman–Crippen LogP) is 0.0555. The van der Waals surface area contributed by atoms with Gasteiger partial charge >= 0.3 is 0 Å². The van der Waals surface area contributed by atoms with Gasteiger partial charge in [0.2, 0.25) is 5.91 Å². The predicted molar refractivity (Wildman–Crippen MR) is 64.3 cm³/mol. The quantitative estimate of drug-likeness (QED) is 0.660. The maximum Gasteiger partial charge on any atom is 0.221 e. The molecule has 1 heterocycles. The molecule has 1 rings (SSSR count). The summed E-state index contributed by atoms with van der Waals surface area (Å²) in [6.07, 6.45) is 3.84. The van der Waals surface area contributed by atoms with Crippen LogP contribution in [-0.4, -0.2) is 35.7 Å². The van der Waals surface area contributed by atoms with Crippen molar-refractivity contribution in [3.05, 3.63) is 18.2 Å². The van der Waals surface area contributed by atoms with Crippen LogP contribution in [0.3, 0.4) is 0 Å². The molecule has 0 unspecified atom stereocenters. The van der Waals surface area contributed by atoms with Crippen molar-refractivity contribution in [2.45, 2.75) is 25.9 Å². The number of imidazole rings is 1. The lowest BCUT2D eigenvalue weighted by Crippen LogP contribution is -2.28. The molecular weight excluding hydrogens is 220 g/mol. The normalized spacial score (nSPS) is 12.4. The fourth-order valence-corrected chi connectivity index (χ4v) is 1.50. The highest BCUT2D eigenvalue weighted by molar-refractivity contribution is 5.75. The molecule has 6 heteroatoms. The summed E-state index contributed by atoms with van der Waals surface area (Å²) < 4.78 is 6.75. The van der Waals surface area contributed by atoms with E-state index in [0.29, 0.717) is 26.1 Å². The molecule has 17 heavy (non-hydrogen) atoms. The molecule has 0 aliphatic heterocycles. The van der Waals surface area contributed by atoms with Crippen LogP contribution < -0.4 is 11.1 Å². The fourth-order valence-electron chi connectivity index (χ4n) is 1.50. The number of methoxy groups -OCH3 is 1. The molecule has 1 aromatic heterocycles. The van der Waals surface area contributed by atoms with Crippen LogP contribution in [0.2, 0.25) is 0 Å². The summed E-state index contributed by atoms with van der Waals surface area (Å²) in [6, 6.07) is -0.0750. The Balaban J connectivity index is 2.34. The number of hydrogen-bond acceptors (Lipinski definition) is 4. The standard InChI is InChI=1S/C11H20N4O2/c1-9(12)10-7-13-8-15(10)5-3-11(16)14-4-6-17-2/h7-9H,3-6,12H2,1-2H3,(H,14,16)/t9-/m1/s1. The number of hydrogen-bond donors (Lipinski definition) is 2. The lowest BCUT2D eigenvalue weighted by Gasteiger charge is -2.10. The van der Waals surface area contributed by atoms with Gasteiger partial charge in [-0.25, -0.2) is 4.98 Å². The van der Waals surface area contributed by atoms with Gasteiger partial charge in [-0.3, -0.25) is 4.79 Å². The van der Waals surface area contributed by atoms with E-state index >= 15 is 0 Å². The van der Waals surface area contributed by atoms with Crippen LogP contribution in [0, 0.1) is 0 Å². The van der Waals surface area contributed by atoms with E-state index in [2.05, 4.69) is 10.3 Å². The van der Waals surface area contributed by atoms with Crippen molar-refractivity contribution in [2.75, 3.05) is 20.3 Å². The summed E-state index contributed by atoms with van der Waals surface area (Å²) in [5.74, 6) is 0.00590. The maximum atomic E-state index is 11.5. The summed E-state index contributed by atoms with van der Waals surface area (Å²) in [6.45, 7) is 3.56. The van der Waals surface area contributed by atoms with Gasteiger partial charge < -0.3 is 20.4 Å². The third kappa shape index (κ3) is 4.54. The first-order valence-electron chi connectivity index (χ1n) is 5.66. The van der Waals surface area contributed by atoms with Crippen molar-refractivity contribution in [1.29, 1.82) is 0 Å². The van der Waals surface area contributed by atoms with E-state index in [4.69, 9.17) is 10.5 Å². The van der Waals surface area contributed by atoms with Gasteiger partial charge in [-0.15, -0.1) is 0 Å². The summed E-state index contributed by atoms with van der Waals surface area (Å²) in [4.78, 5) is 15.5. The van der Waals surface area contributed by atoms with E-state index in [1.165, 1.54) is 0 Å². The third-order valence-corrected chi connectivity index (χ3v) is 2.42. The number of aromatic nitrogens is 2. The van der Waals surface area contributed by atoms with Crippen LogP contribution in [0.4, 0.5) is 0 Å². The van der Waals surface area contributed by atoms with E-state index < -0.39 is 0 Å². The summed E-state index contributed by atoms with van der Waals surface area (Å²) in [5, 5.41) is 2.77. The molecule has 0 aliphatic rings. The van der Waals surface area contributed by atoms with Gasteiger partial charge in [0.1, 0.15) is 0 Å². The second-order valence-electron chi connectivity index (χ2n) is 3.89. The number of amides is 1. The Morgan fingerprint density at radius 1 is 1.71 bits per heavy atom. The maximum absolute atomic E-state index is 11.5. The lowest BCUT2D eigenvalue weighted by molar-refractivity contribution is -0.121. The zero-order valence-corrected chi connectivity index (χ0v) is 10.3. The van der Waals surface area contributed by atoms with Gasteiger partial charge in [0.05, 0.1) is 18.6 Å². The number of rotatable bonds is 7. The van der Waals surface area contributed by atoms with Crippen LogP contribution in [0.5, 0.6) is 0 Å². The van der Waals surface area contributed by atoms with Gasteiger partial charge in [0.15, 0.2) is 0 Å². The van der Waals surface area contributed by atoms with Gasteiger partial charge in [-0.2, -0.15) is 0 Å². The van der Waals surface area contributed by atoms with Crippen molar-refractivity contribution in [3.63, 3.8) is 0 Å². The number of carbonyl (C=O) groups excluding carboxylic acids is 1. The largest absolute Gasteiger partial charge is 0.383 e. The molecule has 0 fully saturated rings. The number of carbonyl (C=O) groups is 1. The molecule has 1 aromatic rings. The first-order valence-corrected chi connectivity index (χ1v) is 5.66. The van der Waals surface area contributed by atoms with E-state index in [-0.39, 0.29) is 11.9 Å². The highest BCUT2D eigenvalue weighted by Gasteiger charge is 2.08. The Hall–Kier alpha value is -1.40. The average Bonchev–Trinajstić information content (AvgIpc) is 2.75. The van der Waals surface area contributed by atoms with Gasteiger partial charge in [0.25, 0.3) is 0 Å². The van der Waals surface area contributed by atoms with Gasteiger partial charge in [-0.1, -0.05) is 0 Å². The van der Waals surface area contributed by atoms with Crippen LogP contribution in [0.15, 0.2) is 12.5 Å². The second-order valence-corrected chi connectivity index (χ2v) is 3.89. The Morgan fingerprint density at radius 3 is 3.12 bits per heavy atom. The Kier molecular flexibility index (Phi) is 5.65. The fraction of sp³-hybridized carbons (Fsp3) is 0.636. The topological polar surface area (TPSA) is 82.2 Å². The molecule has 0 saturated heterocycles. The SMILES string of the molecule is COCCNC(=O)CCn1cncc1[C@@H](C)N. The van der Waals surface area contributed by atoms with Crippen molar-refractivity contribution in [1.82, 2.24) is 14.9 Å². The molecule has 3 N–H and O–H groups in total. The molecule has 0 radical (unpaired) electrons. The average molecular weight is 240 g/mol. The first kappa shape index (κ1) is 13.7. The zero-order valence-electron chi connectivity index (χ0n) is 10.3. The molecule has 1 atom stereocenters. The molecule has 1 amide bonds. The number of nitrogens with one attached hydrogen (secondary N) is 1. The number of ether oxygens (including phenoxy) is 1. The van der Waals surface area contributed by atoms with Crippen molar-refractivity contribution < 1.29 is 9.53 Å². The number of aryl methyl sites for hydroxylation is 1. The smallest absolute Gasteiger partial charge is 0.221 e. The van der Waals surface area contributed by atoms with Gasteiger partial charge in [-0.05, 0) is 6.92 Å². The first-order chi connectivity index (χ1) is 8.15. The Bertz CT molecular complexity index is 349. The lowest BCUT2D eigenvalue weighted by atomic mass is 10.2. The third-order valence-electron chi connectivity index (χ3n) is 2.42. The summed E-state index contributed by atoms with van der Waals surface area (Å²) in [5.41, 5.74) is 6.73. The molecule has 0 aliphatic carbocycles. The van der Waals surface area contributed by atoms with Crippen molar-refractivity contribution in [2.24, 2.45) is 5.73 Å². The van der Waals surface area contributed by atoms with E-state index in [9.17, 15) is 4.79 Å². The zero-order chi connectivity index (χ0) is 12.7. The van der Waals surface area contributed by atoms with E-state index in [1.54, 1.807) is 19.6 Å². The van der Waals surface area contributed by atoms with Crippen molar-refractivity contribution in [3.8, 4) is 0 Å². The van der Waals surface area contributed by atoms with Crippen LogP contribution >= 0.6 is 0 Å². The van der Waals surface area contributed by atoms with E-state index in [1.807, 2.05) is 11.5 Å². The molecule has 0 saturated carbocycles. The van der Waals surface area contributed by atoms with Gasteiger partial charge in [0, 0.05) is 38.9 Å². The number of nitrogens with zero attached hydrogens (tertiary/aromatic N) is 2. The minimum atomic E-state index is -0.0750.